The molecule has 0 spiro atoms. The minimum atomic E-state index is -0.366. The van der Waals surface area contributed by atoms with Crippen LogP contribution in [-0.4, -0.2) is 45.9 Å². The van der Waals surface area contributed by atoms with Crippen LogP contribution in [0.5, 0.6) is 0 Å². The molecule has 1 atom stereocenters. The van der Waals surface area contributed by atoms with Crippen molar-refractivity contribution >= 4 is 35.1 Å². The zero-order valence-corrected chi connectivity index (χ0v) is 21.2. The summed E-state index contributed by atoms with van der Waals surface area (Å²) in [5.74, 6) is -0.269. The predicted octanol–water partition coefficient (Wildman–Crippen LogP) is 4.64. The smallest absolute Gasteiger partial charge is 0.274 e. The van der Waals surface area contributed by atoms with Gasteiger partial charge in [0.05, 0.1) is 17.5 Å². The van der Waals surface area contributed by atoms with Gasteiger partial charge in [0.15, 0.2) is 5.96 Å². The van der Waals surface area contributed by atoms with E-state index in [4.69, 9.17) is 22.4 Å². The van der Waals surface area contributed by atoms with Gasteiger partial charge in [-0.1, -0.05) is 51.4 Å². The largest absolute Gasteiger partial charge is 0.394 e. The quantitative estimate of drug-likeness (QED) is 0.594. The Morgan fingerprint density at radius 1 is 1.21 bits per heavy atom. The zero-order chi connectivity index (χ0) is 25.6. The summed E-state index contributed by atoms with van der Waals surface area (Å²) in [7, 11) is 1.59. The summed E-state index contributed by atoms with van der Waals surface area (Å²) in [5.41, 5.74) is 7.41. The molecular formula is C24H36ClN5O3. The lowest BCUT2D eigenvalue weighted by atomic mass is 10.0. The second kappa shape index (κ2) is 15.8. The molecule has 33 heavy (non-hydrogen) atoms. The molecule has 3 rings (SSSR count). The maximum atomic E-state index is 12.2. The second-order valence-corrected chi connectivity index (χ2v) is 7.13. The molecular weight excluding hydrogens is 442 g/mol. The summed E-state index contributed by atoms with van der Waals surface area (Å²) in [4.78, 5) is 33.8. The zero-order valence-electron chi connectivity index (χ0n) is 20.5. The second-order valence-electron chi connectivity index (χ2n) is 6.69. The maximum absolute atomic E-state index is 12.2. The molecule has 8 nitrogen and oxygen atoms in total. The number of aliphatic hydroxyl groups is 1. The predicted molar refractivity (Wildman–Crippen MR) is 135 cm³/mol. The fourth-order valence-electron chi connectivity index (χ4n) is 2.44. The van der Waals surface area contributed by atoms with Crippen LogP contribution in [0, 0.1) is 0 Å². The van der Waals surface area contributed by atoms with E-state index in [0.717, 1.165) is 5.56 Å². The number of pyridine rings is 1. The molecule has 0 saturated carbocycles. The number of benzene rings is 1. The van der Waals surface area contributed by atoms with Gasteiger partial charge in [0.25, 0.3) is 5.91 Å². The van der Waals surface area contributed by atoms with E-state index in [2.05, 4.69) is 15.3 Å². The number of nitrogens with two attached hydrogens (primary N) is 1. The molecule has 2 aromatic rings. The summed E-state index contributed by atoms with van der Waals surface area (Å²) >= 11 is 5.77. The first-order valence-electron chi connectivity index (χ1n) is 11.0. The summed E-state index contributed by atoms with van der Waals surface area (Å²) in [6.07, 6.45) is 1.47. The normalized spacial score (nSPS) is 14.5. The highest BCUT2D eigenvalue weighted by atomic mass is 35.5. The van der Waals surface area contributed by atoms with Crippen molar-refractivity contribution < 1.29 is 14.7 Å². The van der Waals surface area contributed by atoms with Crippen molar-refractivity contribution in [1.29, 1.82) is 0 Å². The molecule has 0 fully saturated rings. The van der Waals surface area contributed by atoms with Gasteiger partial charge in [-0.05, 0) is 43.7 Å². The maximum Gasteiger partial charge on any atom is 0.274 e. The Morgan fingerprint density at radius 2 is 1.82 bits per heavy atom. The van der Waals surface area contributed by atoms with Gasteiger partial charge in [-0.3, -0.25) is 14.5 Å². The molecule has 0 saturated heterocycles. The molecule has 1 aliphatic rings. The Morgan fingerprint density at radius 3 is 2.33 bits per heavy atom. The summed E-state index contributed by atoms with van der Waals surface area (Å²) in [6.45, 7) is 11.4. The van der Waals surface area contributed by atoms with E-state index in [0.29, 0.717) is 10.7 Å². The van der Waals surface area contributed by atoms with Gasteiger partial charge in [0.2, 0.25) is 5.91 Å². The number of nitrogens with zero attached hydrogens (tertiary/aromatic N) is 3. The van der Waals surface area contributed by atoms with Gasteiger partial charge < -0.3 is 16.2 Å². The monoisotopic (exact) mass is 477 g/mol. The van der Waals surface area contributed by atoms with Crippen LogP contribution in [0.15, 0.2) is 47.6 Å². The van der Waals surface area contributed by atoms with Crippen LogP contribution < -0.4 is 11.1 Å². The van der Waals surface area contributed by atoms with Gasteiger partial charge in [0, 0.05) is 25.0 Å². The number of hydrogen-bond donors (Lipinski definition) is 3. The molecule has 1 aromatic heterocycles. The molecule has 1 aliphatic heterocycles. The minimum Gasteiger partial charge on any atom is -0.394 e. The number of aliphatic hydroxyl groups excluding tert-OH is 1. The molecule has 2 heterocycles. The van der Waals surface area contributed by atoms with E-state index in [1.165, 1.54) is 11.1 Å². The Bertz CT molecular complexity index is 898. The first kappa shape index (κ1) is 30.0. The van der Waals surface area contributed by atoms with Crippen LogP contribution in [0.25, 0.3) is 0 Å². The number of amides is 2. The minimum absolute atomic E-state index is 0.0997. The SMILES string of the molecule is CC.CC.CC(C)O.CN1C(=O)CC(c2cccc(NC(=O)c3ccc(Cl)cn3)c2)N=C1N. The van der Waals surface area contributed by atoms with Crippen molar-refractivity contribution in [3.8, 4) is 0 Å². The third-order valence-corrected chi connectivity index (χ3v) is 4.09. The van der Waals surface area contributed by atoms with E-state index < -0.39 is 0 Å². The van der Waals surface area contributed by atoms with Crippen LogP contribution in [0.4, 0.5) is 5.69 Å². The number of hydrogen-bond acceptors (Lipinski definition) is 6. The van der Waals surface area contributed by atoms with Crippen molar-refractivity contribution in [3.05, 3.63) is 58.9 Å². The highest BCUT2D eigenvalue weighted by Crippen LogP contribution is 2.27. The number of aromatic nitrogens is 1. The van der Waals surface area contributed by atoms with E-state index in [1.54, 1.807) is 51.2 Å². The van der Waals surface area contributed by atoms with Crippen molar-refractivity contribution in [3.63, 3.8) is 0 Å². The third kappa shape index (κ3) is 10.5. The Hall–Kier alpha value is -2.97. The lowest BCUT2D eigenvalue weighted by Gasteiger charge is -2.25. The number of aliphatic imine (C=N–C) groups is 1. The molecule has 1 unspecified atom stereocenters. The topological polar surface area (TPSA) is 121 Å². The highest BCUT2D eigenvalue weighted by Gasteiger charge is 2.25. The van der Waals surface area contributed by atoms with Crippen molar-refractivity contribution in [1.82, 2.24) is 9.88 Å². The van der Waals surface area contributed by atoms with Crippen molar-refractivity contribution in [2.24, 2.45) is 10.7 Å². The average Bonchev–Trinajstić information content (AvgIpc) is 2.80. The van der Waals surface area contributed by atoms with E-state index in [9.17, 15) is 9.59 Å². The first-order valence-corrected chi connectivity index (χ1v) is 11.4. The summed E-state index contributed by atoms with van der Waals surface area (Å²) in [5, 5.41) is 11.3. The lowest BCUT2D eigenvalue weighted by Crippen LogP contribution is -2.42. The summed E-state index contributed by atoms with van der Waals surface area (Å²) < 4.78 is 0. The van der Waals surface area contributed by atoms with Crippen LogP contribution in [0.3, 0.4) is 0 Å². The third-order valence-electron chi connectivity index (χ3n) is 3.86. The van der Waals surface area contributed by atoms with Gasteiger partial charge >= 0.3 is 0 Å². The molecule has 0 aliphatic carbocycles. The highest BCUT2D eigenvalue weighted by molar-refractivity contribution is 6.30. The number of halogens is 1. The van der Waals surface area contributed by atoms with Crippen LogP contribution >= 0.6 is 11.6 Å². The number of rotatable bonds is 3. The Labute approximate surface area is 201 Å². The van der Waals surface area contributed by atoms with Crippen LogP contribution in [0.2, 0.25) is 5.02 Å². The van der Waals surface area contributed by atoms with Crippen molar-refractivity contribution in [2.45, 2.75) is 60.1 Å². The van der Waals surface area contributed by atoms with Gasteiger partial charge in [-0.2, -0.15) is 0 Å². The number of carbonyl (C=O) groups excluding carboxylic acids is 2. The Kier molecular flexibility index (Phi) is 14.4. The van der Waals surface area contributed by atoms with Gasteiger partial charge in [-0.15, -0.1) is 0 Å². The fraction of sp³-hybridized carbons (Fsp3) is 0.417. The molecule has 2 amide bonds. The molecule has 0 radical (unpaired) electrons. The fourth-order valence-corrected chi connectivity index (χ4v) is 2.56. The van der Waals surface area contributed by atoms with Crippen molar-refractivity contribution in [2.75, 3.05) is 12.4 Å². The van der Waals surface area contributed by atoms with E-state index in [1.807, 2.05) is 33.8 Å². The number of anilines is 1. The summed E-state index contributed by atoms with van der Waals surface area (Å²) in [6, 6.07) is 9.93. The van der Waals surface area contributed by atoms with E-state index in [-0.39, 0.29) is 42.0 Å². The molecule has 9 heteroatoms. The van der Waals surface area contributed by atoms with Gasteiger partial charge in [-0.25, -0.2) is 9.98 Å². The Balaban J connectivity index is 0.00000113. The number of guanidine groups is 1. The number of nitrogens with one attached hydrogen (secondary N) is 1. The molecule has 182 valence electrons. The van der Waals surface area contributed by atoms with Crippen LogP contribution in [0.1, 0.15) is 70.1 Å². The average molecular weight is 478 g/mol. The van der Waals surface area contributed by atoms with Crippen LogP contribution in [-0.2, 0) is 4.79 Å². The number of carbonyl (C=O) groups is 2. The molecule has 0 bridgehead atoms. The molecule has 1 aromatic carbocycles. The lowest BCUT2D eigenvalue weighted by molar-refractivity contribution is -0.127. The first-order chi connectivity index (χ1) is 15.7. The standard InChI is InChI=1S/C17H16ClN5O2.C3H8O.2C2H6/c1-23-15(24)8-14(22-17(23)19)10-3-2-4-12(7-10)21-16(25)13-6-5-11(18)9-20-13;1-3(2)4;2*1-2/h2-7,9,14H,8H2,1H3,(H2,19,22)(H,21,25);3-4H,1-2H3;2*1-2H3. The van der Waals surface area contributed by atoms with Gasteiger partial charge in [0.1, 0.15) is 5.69 Å². The molecule has 4 N–H and O–H groups in total. The van der Waals surface area contributed by atoms with E-state index >= 15 is 0 Å².